The Labute approximate surface area is 184 Å². The number of hydrogen-bond donors (Lipinski definition) is 3. The Bertz CT molecular complexity index is 1130. The standard InChI is InChI=1S/C23H25FN4O2S/c1-12-6-20(24)18(23(30)27-16-4-5-16)9-17(12)15-8-19(21-7-13(2)28-31-21)22(25-10-15)26-14(3)11-29/h6-10,14,16,29H,4-5,11H2,1-3H3,(H,25,26)(H,27,30)/t14-/m0/s1. The highest BCUT2D eigenvalue weighted by Crippen LogP contribution is 2.35. The van der Waals surface area contributed by atoms with Gasteiger partial charge in [-0.3, -0.25) is 4.79 Å². The molecule has 3 aromatic rings. The smallest absolute Gasteiger partial charge is 0.254 e. The normalized spacial score (nSPS) is 14.4. The van der Waals surface area contributed by atoms with Crippen LogP contribution in [-0.4, -0.2) is 39.1 Å². The monoisotopic (exact) mass is 440 g/mol. The fourth-order valence-electron chi connectivity index (χ4n) is 3.33. The molecule has 6 nitrogen and oxygen atoms in total. The van der Waals surface area contributed by atoms with E-state index in [9.17, 15) is 14.3 Å². The van der Waals surface area contributed by atoms with Crippen LogP contribution >= 0.6 is 11.5 Å². The van der Waals surface area contributed by atoms with E-state index in [-0.39, 0.29) is 30.2 Å². The van der Waals surface area contributed by atoms with E-state index >= 15 is 0 Å². The third-order valence-corrected chi connectivity index (χ3v) is 6.13. The van der Waals surface area contributed by atoms with Crippen molar-refractivity contribution >= 4 is 23.3 Å². The van der Waals surface area contributed by atoms with Crippen molar-refractivity contribution in [1.82, 2.24) is 14.7 Å². The van der Waals surface area contributed by atoms with Gasteiger partial charge in [-0.15, -0.1) is 0 Å². The second-order valence-corrected chi connectivity index (χ2v) is 8.88. The van der Waals surface area contributed by atoms with Gasteiger partial charge in [0.1, 0.15) is 11.6 Å². The summed E-state index contributed by atoms with van der Waals surface area (Å²) in [6.45, 7) is 5.58. The van der Waals surface area contributed by atoms with Crippen LogP contribution in [0.1, 0.15) is 41.4 Å². The molecule has 3 N–H and O–H groups in total. The zero-order chi connectivity index (χ0) is 22.1. The van der Waals surface area contributed by atoms with Crippen molar-refractivity contribution in [1.29, 1.82) is 0 Å². The molecule has 1 aliphatic carbocycles. The van der Waals surface area contributed by atoms with Gasteiger partial charge in [0.2, 0.25) is 0 Å². The molecule has 1 aromatic carbocycles. The molecule has 8 heteroatoms. The molecule has 1 atom stereocenters. The summed E-state index contributed by atoms with van der Waals surface area (Å²) in [5, 5.41) is 15.5. The molecule has 31 heavy (non-hydrogen) atoms. The molecule has 0 saturated heterocycles. The van der Waals surface area contributed by atoms with Crippen molar-refractivity contribution in [2.24, 2.45) is 0 Å². The highest BCUT2D eigenvalue weighted by atomic mass is 32.1. The molecule has 0 bridgehead atoms. The van der Waals surface area contributed by atoms with Crippen LogP contribution in [0, 0.1) is 19.7 Å². The Kier molecular flexibility index (Phi) is 6.02. The summed E-state index contributed by atoms with van der Waals surface area (Å²) in [5.41, 5.74) is 4.04. The molecule has 1 saturated carbocycles. The summed E-state index contributed by atoms with van der Waals surface area (Å²) in [4.78, 5) is 18.0. The maximum atomic E-state index is 14.5. The first-order valence-electron chi connectivity index (χ1n) is 10.3. The lowest BCUT2D eigenvalue weighted by Crippen LogP contribution is -2.26. The van der Waals surface area contributed by atoms with E-state index in [4.69, 9.17) is 0 Å². The van der Waals surface area contributed by atoms with Gasteiger partial charge in [0.15, 0.2) is 0 Å². The summed E-state index contributed by atoms with van der Waals surface area (Å²) in [6.07, 6.45) is 3.58. The molecule has 1 aliphatic rings. The fourth-order valence-corrected chi connectivity index (χ4v) is 4.11. The minimum atomic E-state index is -0.527. The molecule has 1 amide bonds. The van der Waals surface area contributed by atoms with Gasteiger partial charge in [0.05, 0.1) is 22.7 Å². The predicted octanol–water partition coefficient (Wildman–Crippen LogP) is 4.31. The number of nitrogens with zero attached hydrogens (tertiary/aromatic N) is 2. The first kappa shape index (κ1) is 21.4. The van der Waals surface area contributed by atoms with Gasteiger partial charge in [-0.1, -0.05) is 0 Å². The summed E-state index contributed by atoms with van der Waals surface area (Å²) in [7, 11) is 0. The molecule has 2 aromatic heterocycles. The quantitative estimate of drug-likeness (QED) is 0.510. The number of benzene rings is 1. The van der Waals surface area contributed by atoms with Crippen molar-refractivity contribution in [2.75, 3.05) is 11.9 Å². The summed E-state index contributed by atoms with van der Waals surface area (Å²) >= 11 is 1.37. The minimum Gasteiger partial charge on any atom is -0.394 e. The van der Waals surface area contributed by atoms with Crippen LogP contribution in [-0.2, 0) is 0 Å². The largest absolute Gasteiger partial charge is 0.394 e. The van der Waals surface area contributed by atoms with Gasteiger partial charge in [0, 0.05) is 29.4 Å². The Morgan fingerprint density at radius 2 is 2.03 bits per heavy atom. The highest BCUT2D eigenvalue weighted by molar-refractivity contribution is 7.09. The third kappa shape index (κ3) is 4.75. The molecule has 1 fully saturated rings. The number of aryl methyl sites for hydroxylation is 2. The number of carbonyl (C=O) groups is 1. The fraction of sp³-hybridized carbons (Fsp3) is 0.348. The number of amides is 1. The lowest BCUT2D eigenvalue weighted by atomic mass is 9.97. The van der Waals surface area contributed by atoms with E-state index < -0.39 is 5.82 Å². The number of rotatable bonds is 7. The van der Waals surface area contributed by atoms with Crippen LogP contribution in [0.5, 0.6) is 0 Å². The number of anilines is 1. The van der Waals surface area contributed by atoms with E-state index in [1.165, 1.54) is 17.6 Å². The zero-order valence-corrected chi connectivity index (χ0v) is 18.5. The van der Waals surface area contributed by atoms with E-state index in [2.05, 4.69) is 20.0 Å². The van der Waals surface area contributed by atoms with Crippen molar-refractivity contribution in [3.05, 3.63) is 53.1 Å². The Balaban J connectivity index is 1.77. The van der Waals surface area contributed by atoms with Crippen LogP contribution in [0.4, 0.5) is 10.2 Å². The first-order chi connectivity index (χ1) is 14.9. The Morgan fingerprint density at radius 1 is 1.26 bits per heavy atom. The SMILES string of the molecule is Cc1cc(-c2cc(-c3cc(C(=O)NC4CC4)c(F)cc3C)cnc2N[C@@H](C)CO)sn1. The number of nitrogens with one attached hydrogen (secondary N) is 2. The molecule has 162 valence electrons. The number of carbonyl (C=O) groups excluding carboxylic acids is 1. The molecule has 0 unspecified atom stereocenters. The average molecular weight is 441 g/mol. The van der Waals surface area contributed by atoms with Crippen LogP contribution in [0.25, 0.3) is 21.6 Å². The van der Waals surface area contributed by atoms with Crippen LogP contribution < -0.4 is 10.6 Å². The minimum absolute atomic E-state index is 0.0267. The number of aromatic nitrogens is 2. The third-order valence-electron chi connectivity index (χ3n) is 5.22. The summed E-state index contributed by atoms with van der Waals surface area (Å²) in [5.74, 6) is -0.274. The van der Waals surface area contributed by atoms with E-state index in [0.29, 0.717) is 5.82 Å². The van der Waals surface area contributed by atoms with Crippen LogP contribution in [0.15, 0.2) is 30.5 Å². The van der Waals surface area contributed by atoms with Gasteiger partial charge in [-0.2, -0.15) is 4.37 Å². The number of aliphatic hydroxyl groups is 1. The Hall–Kier alpha value is -2.84. The van der Waals surface area contributed by atoms with Crippen LogP contribution in [0.2, 0.25) is 0 Å². The molecule has 4 rings (SSSR count). The van der Waals surface area contributed by atoms with E-state index in [0.717, 1.165) is 45.7 Å². The lowest BCUT2D eigenvalue weighted by Gasteiger charge is -2.17. The summed E-state index contributed by atoms with van der Waals surface area (Å²) < 4.78 is 18.9. The second-order valence-electron chi connectivity index (χ2n) is 8.08. The van der Waals surface area contributed by atoms with E-state index in [1.807, 2.05) is 32.9 Å². The van der Waals surface area contributed by atoms with Crippen molar-refractivity contribution in [3.8, 4) is 21.6 Å². The topological polar surface area (TPSA) is 87.1 Å². The highest BCUT2D eigenvalue weighted by Gasteiger charge is 2.26. The van der Waals surface area contributed by atoms with Gasteiger partial charge in [0.25, 0.3) is 5.91 Å². The van der Waals surface area contributed by atoms with E-state index in [1.54, 1.807) is 12.3 Å². The number of hydrogen-bond acceptors (Lipinski definition) is 6. The number of pyridine rings is 1. The lowest BCUT2D eigenvalue weighted by molar-refractivity contribution is 0.0947. The Morgan fingerprint density at radius 3 is 2.68 bits per heavy atom. The van der Waals surface area contributed by atoms with Gasteiger partial charge < -0.3 is 15.7 Å². The molecular formula is C23H25FN4O2S. The van der Waals surface area contributed by atoms with Gasteiger partial charge in [-0.25, -0.2) is 9.37 Å². The predicted molar refractivity (Wildman–Crippen MR) is 121 cm³/mol. The van der Waals surface area contributed by atoms with Crippen molar-refractivity contribution in [2.45, 2.75) is 45.7 Å². The van der Waals surface area contributed by atoms with Crippen molar-refractivity contribution in [3.63, 3.8) is 0 Å². The molecule has 2 heterocycles. The summed E-state index contributed by atoms with van der Waals surface area (Å²) in [6, 6.07) is 6.93. The number of halogens is 1. The molecule has 0 aliphatic heterocycles. The second kappa shape index (κ2) is 8.72. The average Bonchev–Trinajstić information content (AvgIpc) is 3.45. The molecular weight excluding hydrogens is 415 g/mol. The van der Waals surface area contributed by atoms with Crippen LogP contribution in [0.3, 0.4) is 0 Å². The van der Waals surface area contributed by atoms with Crippen molar-refractivity contribution < 1.29 is 14.3 Å². The maximum Gasteiger partial charge on any atom is 0.254 e. The number of aliphatic hydroxyl groups excluding tert-OH is 1. The van der Waals surface area contributed by atoms with Gasteiger partial charge >= 0.3 is 0 Å². The maximum absolute atomic E-state index is 14.5. The van der Waals surface area contributed by atoms with Gasteiger partial charge in [-0.05, 0) is 80.5 Å². The molecule has 0 spiro atoms. The first-order valence-corrected chi connectivity index (χ1v) is 11.1. The molecule has 0 radical (unpaired) electrons. The zero-order valence-electron chi connectivity index (χ0n) is 17.7.